The van der Waals surface area contributed by atoms with Crippen LogP contribution in [0.4, 0.5) is 0 Å². The van der Waals surface area contributed by atoms with Crippen LogP contribution >= 0.6 is 0 Å². The van der Waals surface area contributed by atoms with E-state index in [0.717, 1.165) is 44.3 Å². The van der Waals surface area contributed by atoms with E-state index in [2.05, 4.69) is 20.8 Å². The average Bonchev–Trinajstić information content (AvgIpc) is 3.07. The maximum Gasteiger partial charge on any atom is 0.246 e. The highest BCUT2D eigenvalue weighted by atomic mass is 16.5. The van der Waals surface area contributed by atoms with Crippen LogP contribution in [0, 0.1) is 0 Å². The van der Waals surface area contributed by atoms with Gasteiger partial charge in [0.05, 0.1) is 6.04 Å². The molecule has 1 aromatic heterocycles. The number of carbonyl (C=O) groups is 1. The lowest BCUT2D eigenvalue weighted by Crippen LogP contribution is -2.50. The third-order valence-electron chi connectivity index (χ3n) is 5.20. The molecule has 0 spiro atoms. The van der Waals surface area contributed by atoms with E-state index in [-0.39, 0.29) is 12.5 Å². The summed E-state index contributed by atoms with van der Waals surface area (Å²) in [4.78, 5) is 12.2. The van der Waals surface area contributed by atoms with Gasteiger partial charge in [-0.05, 0) is 36.1 Å². The maximum absolute atomic E-state index is 12.2. The van der Waals surface area contributed by atoms with Gasteiger partial charge < -0.3 is 10.1 Å². The van der Waals surface area contributed by atoms with Crippen LogP contribution in [0.2, 0.25) is 0 Å². The van der Waals surface area contributed by atoms with Crippen LogP contribution in [-0.4, -0.2) is 39.8 Å². The van der Waals surface area contributed by atoms with Gasteiger partial charge in [-0.2, -0.15) is 0 Å². The summed E-state index contributed by atoms with van der Waals surface area (Å²) < 4.78 is 6.98. The molecule has 0 aromatic carbocycles. The summed E-state index contributed by atoms with van der Waals surface area (Å²) in [6.07, 6.45) is 11.2. The highest BCUT2D eigenvalue weighted by molar-refractivity contribution is 5.78. The Balaban J connectivity index is 1.87. The Morgan fingerprint density at radius 1 is 1.22 bits per heavy atom. The van der Waals surface area contributed by atoms with Crippen LogP contribution in [0.1, 0.15) is 76.1 Å². The summed E-state index contributed by atoms with van der Waals surface area (Å²) in [6, 6.07) is 0.367. The fourth-order valence-corrected chi connectivity index (χ4v) is 4.07. The van der Waals surface area contributed by atoms with E-state index in [9.17, 15) is 4.79 Å². The highest BCUT2D eigenvalue weighted by Crippen LogP contribution is 2.38. The zero-order valence-electron chi connectivity index (χ0n) is 14.0. The van der Waals surface area contributed by atoms with Crippen molar-refractivity contribution in [3.63, 3.8) is 0 Å². The molecule has 23 heavy (non-hydrogen) atoms. The van der Waals surface area contributed by atoms with Crippen LogP contribution < -0.4 is 5.32 Å². The number of methoxy groups -OCH3 is 1. The van der Waals surface area contributed by atoms with Gasteiger partial charge in [0, 0.05) is 7.11 Å². The number of carbonyl (C=O) groups excluding carboxylic acids is 1. The Morgan fingerprint density at radius 3 is 2.61 bits per heavy atom. The van der Waals surface area contributed by atoms with Crippen LogP contribution in [0.3, 0.4) is 0 Å². The minimum Gasteiger partial charge on any atom is -0.375 e. The number of hydrogen-bond acceptors (Lipinski definition) is 5. The quantitative estimate of drug-likeness (QED) is 0.898. The first-order valence-corrected chi connectivity index (χ1v) is 8.83. The van der Waals surface area contributed by atoms with E-state index in [0.29, 0.717) is 6.04 Å². The molecular formula is C16H27N5O2. The molecule has 0 unspecified atom stereocenters. The lowest BCUT2D eigenvalue weighted by molar-refractivity contribution is -0.127. The van der Waals surface area contributed by atoms with Crippen molar-refractivity contribution in [2.75, 3.05) is 13.7 Å². The molecule has 2 aliphatic rings. The fraction of sp³-hybridized carbons (Fsp3) is 0.875. The standard InChI is InChI=1S/C16H27N5O2/c1-23-12-14(22)17-16(10-6-3-7-11-16)15-18-19-20-21(15)13-8-4-2-5-9-13/h13H,2-12H2,1H3,(H,17,22). The van der Waals surface area contributed by atoms with Crippen LogP contribution in [0.5, 0.6) is 0 Å². The second-order valence-electron chi connectivity index (χ2n) is 6.86. The van der Waals surface area contributed by atoms with Crippen molar-refractivity contribution in [3.05, 3.63) is 5.82 Å². The predicted octanol–water partition coefficient (Wildman–Crippen LogP) is 2.10. The number of rotatable bonds is 5. The van der Waals surface area contributed by atoms with Crippen LogP contribution in [0.15, 0.2) is 0 Å². The molecule has 7 nitrogen and oxygen atoms in total. The maximum atomic E-state index is 12.2. The summed E-state index contributed by atoms with van der Waals surface area (Å²) in [6.45, 7) is 0.0761. The van der Waals surface area contributed by atoms with E-state index in [1.54, 1.807) is 7.11 Å². The van der Waals surface area contributed by atoms with Crippen molar-refractivity contribution in [1.82, 2.24) is 25.5 Å². The number of nitrogens with one attached hydrogen (secondary N) is 1. The zero-order chi connectivity index (χ0) is 16.1. The molecule has 3 rings (SSSR count). The van der Waals surface area contributed by atoms with Gasteiger partial charge in [0.15, 0.2) is 5.82 Å². The lowest BCUT2D eigenvalue weighted by atomic mass is 9.80. The first-order chi connectivity index (χ1) is 11.2. The molecule has 0 aliphatic heterocycles. The molecule has 0 atom stereocenters. The van der Waals surface area contributed by atoms with Gasteiger partial charge in [0.1, 0.15) is 12.1 Å². The van der Waals surface area contributed by atoms with Crippen molar-refractivity contribution >= 4 is 5.91 Å². The molecule has 1 amide bonds. The van der Waals surface area contributed by atoms with E-state index in [4.69, 9.17) is 4.74 Å². The second-order valence-corrected chi connectivity index (χ2v) is 6.86. The SMILES string of the molecule is COCC(=O)NC1(c2nnnn2C2CCCCC2)CCCCC1. The summed E-state index contributed by atoms with van der Waals surface area (Å²) in [5.74, 6) is 0.751. The monoisotopic (exact) mass is 321 g/mol. The molecule has 0 bridgehead atoms. The van der Waals surface area contributed by atoms with Crippen molar-refractivity contribution < 1.29 is 9.53 Å². The number of aromatic nitrogens is 4. The molecule has 128 valence electrons. The van der Waals surface area contributed by atoms with Crippen molar-refractivity contribution in [3.8, 4) is 0 Å². The summed E-state index contributed by atoms with van der Waals surface area (Å²) in [7, 11) is 1.54. The summed E-state index contributed by atoms with van der Waals surface area (Å²) >= 11 is 0. The third kappa shape index (κ3) is 3.54. The number of amides is 1. The summed E-state index contributed by atoms with van der Waals surface area (Å²) in [5.41, 5.74) is -0.436. The van der Waals surface area contributed by atoms with Gasteiger partial charge in [-0.15, -0.1) is 5.10 Å². The van der Waals surface area contributed by atoms with Gasteiger partial charge in [-0.25, -0.2) is 4.68 Å². The smallest absolute Gasteiger partial charge is 0.246 e. The molecule has 2 saturated carbocycles. The van der Waals surface area contributed by atoms with Crippen LogP contribution in [-0.2, 0) is 15.1 Å². The Bertz CT molecular complexity index is 518. The topological polar surface area (TPSA) is 81.9 Å². The minimum atomic E-state index is -0.436. The zero-order valence-corrected chi connectivity index (χ0v) is 14.0. The van der Waals surface area contributed by atoms with E-state index in [1.165, 1.54) is 25.7 Å². The van der Waals surface area contributed by atoms with Gasteiger partial charge in [0.2, 0.25) is 5.91 Å². The lowest BCUT2D eigenvalue weighted by Gasteiger charge is -2.38. The van der Waals surface area contributed by atoms with Crippen molar-refractivity contribution in [2.24, 2.45) is 0 Å². The Hall–Kier alpha value is -1.50. The molecule has 2 fully saturated rings. The van der Waals surface area contributed by atoms with Gasteiger partial charge in [0.25, 0.3) is 0 Å². The van der Waals surface area contributed by atoms with Crippen LogP contribution in [0.25, 0.3) is 0 Å². The molecular weight excluding hydrogens is 294 g/mol. The largest absolute Gasteiger partial charge is 0.375 e. The predicted molar refractivity (Wildman–Crippen MR) is 84.7 cm³/mol. The van der Waals surface area contributed by atoms with Gasteiger partial charge in [-0.3, -0.25) is 4.79 Å². The molecule has 0 radical (unpaired) electrons. The van der Waals surface area contributed by atoms with E-state index >= 15 is 0 Å². The van der Waals surface area contributed by atoms with Gasteiger partial charge in [-0.1, -0.05) is 38.5 Å². The first-order valence-electron chi connectivity index (χ1n) is 8.83. The fourth-order valence-electron chi connectivity index (χ4n) is 4.07. The normalized spacial score (nSPS) is 22.0. The van der Waals surface area contributed by atoms with E-state index in [1.807, 2.05) is 4.68 Å². The number of nitrogens with zero attached hydrogens (tertiary/aromatic N) is 4. The highest BCUT2D eigenvalue weighted by Gasteiger charge is 2.41. The molecule has 1 heterocycles. The van der Waals surface area contributed by atoms with E-state index < -0.39 is 5.54 Å². The third-order valence-corrected chi connectivity index (χ3v) is 5.20. The summed E-state index contributed by atoms with van der Waals surface area (Å²) in [5, 5.41) is 15.8. The molecule has 2 aliphatic carbocycles. The number of tetrazole rings is 1. The Labute approximate surface area is 137 Å². The number of ether oxygens (including phenoxy) is 1. The molecule has 1 aromatic rings. The number of hydrogen-bond donors (Lipinski definition) is 1. The molecule has 0 saturated heterocycles. The molecule has 7 heteroatoms. The Morgan fingerprint density at radius 2 is 1.91 bits per heavy atom. The average molecular weight is 321 g/mol. The Kier molecular flexibility index (Phi) is 5.25. The molecule has 1 N–H and O–H groups in total. The van der Waals surface area contributed by atoms with Gasteiger partial charge >= 0.3 is 0 Å². The minimum absolute atomic E-state index is 0.0761. The first kappa shape index (κ1) is 16.4. The van der Waals surface area contributed by atoms with Crippen molar-refractivity contribution in [1.29, 1.82) is 0 Å². The van der Waals surface area contributed by atoms with Crippen molar-refractivity contribution in [2.45, 2.75) is 75.8 Å². The second kappa shape index (κ2) is 7.38.